The van der Waals surface area contributed by atoms with Crippen molar-refractivity contribution in [3.8, 4) is 0 Å². The number of rotatable bonds is 3. The highest BCUT2D eigenvalue weighted by Crippen LogP contribution is 2.30. The van der Waals surface area contributed by atoms with E-state index in [0.717, 1.165) is 25.7 Å². The summed E-state index contributed by atoms with van der Waals surface area (Å²) >= 11 is 12.1. The molecule has 2 rings (SSSR count). The van der Waals surface area contributed by atoms with E-state index in [-0.39, 0.29) is 16.3 Å². The number of alkyl halides is 1. The minimum absolute atomic E-state index is 0.118. The van der Waals surface area contributed by atoms with Crippen LogP contribution < -0.4 is 0 Å². The lowest BCUT2D eigenvalue weighted by atomic mass is 9.95. The van der Waals surface area contributed by atoms with Crippen molar-refractivity contribution in [3.63, 3.8) is 0 Å². The first-order valence-electron chi connectivity index (χ1n) is 6.30. The molecule has 1 fully saturated rings. The van der Waals surface area contributed by atoms with Crippen LogP contribution in [0.15, 0.2) is 29.2 Å². The number of hydrogen-bond donors (Lipinski definition) is 0. The first-order valence-corrected chi connectivity index (χ1v) is 8.56. The highest BCUT2D eigenvalue weighted by molar-refractivity contribution is 7.89. The summed E-state index contributed by atoms with van der Waals surface area (Å²) in [5, 5.41) is 0.299. The van der Waals surface area contributed by atoms with Crippen LogP contribution in [0.4, 0.5) is 0 Å². The second kappa shape index (κ2) is 6.00. The first kappa shape index (κ1) is 15.1. The van der Waals surface area contributed by atoms with Crippen LogP contribution in [0.5, 0.6) is 0 Å². The lowest BCUT2D eigenvalue weighted by molar-refractivity contribution is 0.291. The maximum Gasteiger partial charge on any atom is 0.243 e. The Hall–Kier alpha value is -0.290. The molecule has 0 heterocycles. The van der Waals surface area contributed by atoms with Crippen molar-refractivity contribution < 1.29 is 8.42 Å². The van der Waals surface area contributed by atoms with Gasteiger partial charge in [0, 0.05) is 18.1 Å². The van der Waals surface area contributed by atoms with Crippen LogP contribution in [0.2, 0.25) is 5.02 Å². The average molecular weight is 322 g/mol. The third-order valence-corrected chi connectivity index (χ3v) is 6.21. The van der Waals surface area contributed by atoms with Crippen molar-refractivity contribution in [1.29, 1.82) is 0 Å². The third kappa shape index (κ3) is 3.24. The van der Waals surface area contributed by atoms with Gasteiger partial charge in [0.05, 0.1) is 10.3 Å². The van der Waals surface area contributed by atoms with Crippen LogP contribution in [0.3, 0.4) is 0 Å². The number of sulfonamides is 1. The van der Waals surface area contributed by atoms with E-state index in [1.54, 1.807) is 25.2 Å². The van der Waals surface area contributed by atoms with E-state index in [9.17, 15) is 8.42 Å². The van der Waals surface area contributed by atoms with Crippen LogP contribution >= 0.6 is 23.2 Å². The monoisotopic (exact) mass is 321 g/mol. The first-order chi connectivity index (χ1) is 8.93. The maximum atomic E-state index is 12.5. The Labute approximate surface area is 124 Å². The molecule has 106 valence electrons. The molecule has 1 aromatic rings. The van der Waals surface area contributed by atoms with Crippen molar-refractivity contribution in [1.82, 2.24) is 4.31 Å². The molecule has 3 nitrogen and oxygen atoms in total. The van der Waals surface area contributed by atoms with Crippen LogP contribution in [0.1, 0.15) is 25.7 Å². The van der Waals surface area contributed by atoms with Gasteiger partial charge >= 0.3 is 0 Å². The molecule has 0 N–H and O–H groups in total. The second-order valence-electron chi connectivity index (χ2n) is 4.85. The van der Waals surface area contributed by atoms with Crippen LogP contribution in [-0.2, 0) is 10.0 Å². The zero-order valence-corrected chi connectivity index (χ0v) is 13.0. The van der Waals surface area contributed by atoms with Gasteiger partial charge in [0.25, 0.3) is 0 Å². The van der Waals surface area contributed by atoms with Gasteiger partial charge < -0.3 is 0 Å². The molecule has 1 aliphatic rings. The molecule has 1 aliphatic carbocycles. The van der Waals surface area contributed by atoms with Crippen molar-refractivity contribution in [2.45, 2.75) is 42.0 Å². The van der Waals surface area contributed by atoms with Gasteiger partial charge in [0.2, 0.25) is 10.0 Å². The summed E-state index contributed by atoms with van der Waals surface area (Å²) in [6, 6.07) is 6.19. The Morgan fingerprint density at radius 2 is 1.95 bits per heavy atom. The highest BCUT2D eigenvalue weighted by atomic mass is 35.5. The van der Waals surface area contributed by atoms with Gasteiger partial charge in [-0.25, -0.2) is 8.42 Å². The average Bonchev–Trinajstić information content (AvgIpc) is 2.38. The smallest absolute Gasteiger partial charge is 0.207 e. The normalized spacial score (nSPS) is 24.6. The maximum absolute atomic E-state index is 12.5. The van der Waals surface area contributed by atoms with E-state index < -0.39 is 10.0 Å². The fourth-order valence-corrected chi connectivity index (χ4v) is 4.69. The van der Waals surface area contributed by atoms with Gasteiger partial charge in [-0.15, -0.1) is 11.6 Å². The molecule has 6 heteroatoms. The second-order valence-corrected chi connectivity index (χ2v) is 7.84. The topological polar surface area (TPSA) is 37.4 Å². The SMILES string of the molecule is CN(C1CCCCC1Cl)S(=O)(=O)c1cccc(Cl)c1. The molecule has 0 radical (unpaired) electrons. The molecule has 0 aromatic heterocycles. The minimum atomic E-state index is -3.53. The van der Waals surface area contributed by atoms with Crippen LogP contribution in [0.25, 0.3) is 0 Å². The predicted octanol–water partition coefficient (Wildman–Crippen LogP) is 3.51. The molecule has 1 saturated carbocycles. The molecular weight excluding hydrogens is 305 g/mol. The number of hydrogen-bond acceptors (Lipinski definition) is 2. The zero-order chi connectivity index (χ0) is 14.0. The summed E-state index contributed by atoms with van der Waals surface area (Å²) in [6.07, 6.45) is 3.76. The number of halogens is 2. The molecule has 0 spiro atoms. The molecule has 0 amide bonds. The van der Waals surface area contributed by atoms with E-state index in [1.165, 1.54) is 10.4 Å². The van der Waals surface area contributed by atoms with Crippen molar-refractivity contribution >= 4 is 33.2 Å². The van der Waals surface area contributed by atoms with E-state index in [0.29, 0.717) is 5.02 Å². The number of benzene rings is 1. The standard InChI is InChI=1S/C13H17Cl2NO2S/c1-16(13-8-3-2-7-12(13)15)19(17,18)11-6-4-5-10(14)9-11/h4-6,9,12-13H,2-3,7-8H2,1H3. The predicted molar refractivity (Wildman–Crippen MR) is 78.3 cm³/mol. The molecule has 2 unspecified atom stereocenters. The Bertz CT molecular complexity index is 547. The lowest BCUT2D eigenvalue weighted by Crippen LogP contribution is -2.44. The van der Waals surface area contributed by atoms with Gasteiger partial charge in [0.15, 0.2) is 0 Å². The largest absolute Gasteiger partial charge is 0.243 e. The Balaban J connectivity index is 2.28. The molecule has 0 saturated heterocycles. The quantitative estimate of drug-likeness (QED) is 0.799. The van der Waals surface area contributed by atoms with Gasteiger partial charge in [-0.2, -0.15) is 4.31 Å². The number of nitrogens with zero attached hydrogens (tertiary/aromatic N) is 1. The molecular formula is C13H17Cl2NO2S. The fraction of sp³-hybridized carbons (Fsp3) is 0.538. The van der Waals surface area contributed by atoms with Crippen LogP contribution in [0, 0.1) is 0 Å². The zero-order valence-electron chi connectivity index (χ0n) is 10.7. The van der Waals surface area contributed by atoms with E-state index in [1.807, 2.05) is 0 Å². The van der Waals surface area contributed by atoms with Gasteiger partial charge in [0.1, 0.15) is 0 Å². The molecule has 0 bridgehead atoms. The van der Waals surface area contributed by atoms with Gasteiger partial charge in [-0.3, -0.25) is 0 Å². The van der Waals surface area contributed by atoms with Gasteiger partial charge in [-0.1, -0.05) is 30.5 Å². The van der Waals surface area contributed by atoms with E-state index in [2.05, 4.69) is 0 Å². The van der Waals surface area contributed by atoms with Crippen molar-refractivity contribution in [2.24, 2.45) is 0 Å². The van der Waals surface area contributed by atoms with Gasteiger partial charge in [-0.05, 0) is 31.0 Å². The fourth-order valence-electron chi connectivity index (χ4n) is 2.45. The van der Waals surface area contributed by atoms with Crippen molar-refractivity contribution in [2.75, 3.05) is 7.05 Å². The Morgan fingerprint density at radius 3 is 2.58 bits per heavy atom. The summed E-state index contributed by atoms with van der Waals surface area (Å²) in [7, 11) is -1.93. The summed E-state index contributed by atoms with van der Waals surface area (Å²) < 4.78 is 26.5. The summed E-state index contributed by atoms with van der Waals surface area (Å²) in [4.78, 5) is 0.219. The molecule has 19 heavy (non-hydrogen) atoms. The Kier molecular flexibility index (Phi) is 4.77. The summed E-state index contributed by atoms with van der Waals surface area (Å²) in [5.74, 6) is 0. The summed E-state index contributed by atoms with van der Waals surface area (Å²) in [5.41, 5.74) is 0. The van der Waals surface area contributed by atoms with E-state index >= 15 is 0 Å². The highest BCUT2D eigenvalue weighted by Gasteiger charge is 2.34. The Morgan fingerprint density at radius 1 is 1.26 bits per heavy atom. The summed E-state index contributed by atoms with van der Waals surface area (Å²) in [6.45, 7) is 0. The van der Waals surface area contributed by atoms with Crippen LogP contribution in [-0.4, -0.2) is 31.2 Å². The third-order valence-electron chi connectivity index (χ3n) is 3.59. The van der Waals surface area contributed by atoms with Crippen molar-refractivity contribution in [3.05, 3.63) is 29.3 Å². The minimum Gasteiger partial charge on any atom is -0.207 e. The molecule has 1 aromatic carbocycles. The van der Waals surface area contributed by atoms with E-state index in [4.69, 9.17) is 23.2 Å². The molecule has 2 atom stereocenters. The lowest BCUT2D eigenvalue weighted by Gasteiger charge is -2.34. The molecule has 0 aliphatic heterocycles.